The van der Waals surface area contributed by atoms with E-state index in [1.54, 1.807) is 42.5 Å². The Kier molecular flexibility index (Phi) is 7.84. The molecule has 0 unspecified atom stereocenters. The van der Waals surface area contributed by atoms with E-state index in [1.165, 1.54) is 14.0 Å². The number of anilines is 1. The summed E-state index contributed by atoms with van der Waals surface area (Å²) in [5.41, 5.74) is 1.79. The fourth-order valence-electron chi connectivity index (χ4n) is 2.27. The lowest BCUT2D eigenvalue weighted by Crippen LogP contribution is -2.30. The molecule has 0 radical (unpaired) electrons. The fraction of sp³-hybridized carbons (Fsp3) is 0.333. The third-order valence-electron chi connectivity index (χ3n) is 3.85. The number of methoxy groups -OCH3 is 1. The van der Waals surface area contributed by atoms with E-state index >= 15 is 0 Å². The van der Waals surface area contributed by atoms with Gasteiger partial charge in [-0.1, -0.05) is 23.7 Å². The first kappa shape index (κ1) is 21.7. The molecule has 0 aliphatic heterocycles. The minimum absolute atomic E-state index is 0.129. The van der Waals surface area contributed by atoms with Crippen molar-refractivity contribution in [3.8, 4) is 5.75 Å². The monoisotopic (exact) mass is 405 g/mol. The van der Waals surface area contributed by atoms with Crippen LogP contribution in [0.4, 0.5) is 5.69 Å². The number of carbonyl (C=O) groups excluding carboxylic acids is 2. The molecule has 1 N–H and O–H groups in total. The van der Waals surface area contributed by atoms with E-state index < -0.39 is 18.0 Å². The van der Waals surface area contributed by atoms with Gasteiger partial charge in [0.1, 0.15) is 5.75 Å². The van der Waals surface area contributed by atoms with Gasteiger partial charge in [-0.3, -0.25) is 4.79 Å². The Morgan fingerprint density at radius 1 is 1.07 bits per heavy atom. The number of carbonyl (C=O) groups is 2. The van der Waals surface area contributed by atoms with Crippen molar-refractivity contribution >= 4 is 29.2 Å². The molecule has 0 spiro atoms. The summed E-state index contributed by atoms with van der Waals surface area (Å²) in [7, 11) is 1.50. The van der Waals surface area contributed by atoms with Crippen LogP contribution in [0, 0.1) is 0 Å². The lowest BCUT2D eigenvalue weighted by molar-refractivity contribution is -0.123. The van der Waals surface area contributed by atoms with Gasteiger partial charge in [0.2, 0.25) is 0 Å². The summed E-state index contributed by atoms with van der Waals surface area (Å²) in [6.45, 7) is 5.88. The number of hydrogen-bond acceptors (Lipinski definition) is 5. The summed E-state index contributed by atoms with van der Waals surface area (Å²) < 4.78 is 15.8. The summed E-state index contributed by atoms with van der Waals surface area (Å²) >= 11 is 6.04. The lowest BCUT2D eigenvalue weighted by atomic mass is 10.1. The standard InChI is InChI=1S/C21H24ClNO5/c1-13(2)27-12-15-5-7-16(8-6-15)21(25)28-14(3)20(24)23-17-9-10-19(26-4)18(22)11-17/h5-11,13-14H,12H2,1-4H3,(H,23,24)/t14-/m1/s1. The zero-order chi connectivity index (χ0) is 20.7. The number of ether oxygens (including phenoxy) is 3. The number of halogens is 1. The Balaban J connectivity index is 1.92. The zero-order valence-electron chi connectivity index (χ0n) is 16.3. The van der Waals surface area contributed by atoms with E-state index in [4.69, 9.17) is 25.8 Å². The average molecular weight is 406 g/mol. The Morgan fingerprint density at radius 3 is 2.32 bits per heavy atom. The third kappa shape index (κ3) is 6.25. The van der Waals surface area contributed by atoms with Gasteiger partial charge in [-0.2, -0.15) is 0 Å². The highest BCUT2D eigenvalue weighted by Crippen LogP contribution is 2.27. The molecule has 0 saturated heterocycles. The smallest absolute Gasteiger partial charge is 0.338 e. The molecular weight excluding hydrogens is 382 g/mol. The Hall–Kier alpha value is -2.57. The highest BCUT2D eigenvalue weighted by atomic mass is 35.5. The maximum atomic E-state index is 12.3. The number of hydrogen-bond donors (Lipinski definition) is 1. The predicted octanol–water partition coefficient (Wildman–Crippen LogP) is 4.46. The van der Waals surface area contributed by atoms with Crippen molar-refractivity contribution in [3.05, 3.63) is 58.6 Å². The van der Waals surface area contributed by atoms with E-state index in [0.717, 1.165) is 5.56 Å². The molecular formula is C21H24ClNO5. The normalized spacial score (nSPS) is 11.8. The second-order valence-corrected chi connectivity index (χ2v) is 6.85. The molecule has 0 bridgehead atoms. The van der Waals surface area contributed by atoms with Gasteiger partial charge in [0.25, 0.3) is 5.91 Å². The van der Waals surface area contributed by atoms with E-state index in [0.29, 0.717) is 28.6 Å². The molecule has 0 saturated carbocycles. The molecule has 150 valence electrons. The first-order valence-corrected chi connectivity index (χ1v) is 9.24. The Labute approximate surface area is 169 Å². The molecule has 0 aliphatic rings. The number of nitrogens with one attached hydrogen (secondary N) is 1. The van der Waals surface area contributed by atoms with Crippen molar-refractivity contribution in [3.63, 3.8) is 0 Å². The quantitative estimate of drug-likeness (QED) is 0.656. The van der Waals surface area contributed by atoms with Gasteiger partial charge in [-0.25, -0.2) is 4.79 Å². The first-order valence-electron chi connectivity index (χ1n) is 8.86. The fourth-order valence-corrected chi connectivity index (χ4v) is 2.53. The molecule has 1 atom stereocenters. The highest BCUT2D eigenvalue weighted by Gasteiger charge is 2.19. The van der Waals surface area contributed by atoms with Crippen molar-refractivity contribution in [1.29, 1.82) is 0 Å². The molecule has 2 rings (SSSR count). The van der Waals surface area contributed by atoms with Crippen molar-refractivity contribution < 1.29 is 23.8 Å². The third-order valence-corrected chi connectivity index (χ3v) is 4.14. The second-order valence-electron chi connectivity index (χ2n) is 6.44. The van der Waals surface area contributed by atoms with E-state index in [9.17, 15) is 9.59 Å². The summed E-state index contributed by atoms with van der Waals surface area (Å²) in [6.07, 6.45) is -0.845. The van der Waals surface area contributed by atoms with Gasteiger partial charge < -0.3 is 19.5 Å². The van der Waals surface area contributed by atoms with Crippen molar-refractivity contribution in [2.75, 3.05) is 12.4 Å². The lowest BCUT2D eigenvalue weighted by Gasteiger charge is -2.14. The van der Waals surface area contributed by atoms with E-state index in [-0.39, 0.29) is 6.10 Å². The first-order chi connectivity index (χ1) is 13.3. The SMILES string of the molecule is COc1ccc(NC(=O)[C@@H](C)OC(=O)c2ccc(COC(C)C)cc2)cc1Cl. The molecule has 0 fully saturated rings. The van der Waals surface area contributed by atoms with Crippen molar-refractivity contribution in [2.45, 2.75) is 39.6 Å². The molecule has 0 aliphatic carbocycles. The molecule has 7 heteroatoms. The van der Waals surface area contributed by atoms with Gasteiger partial charge >= 0.3 is 5.97 Å². The molecule has 2 aromatic carbocycles. The van der Waals surface area contributed by atoms with Gasteiger partial charge in [0.05, 0.1) is 30.4 Å². The highest BCUT2D eigenvalue weighted by molar-refractivity contribution is 6.32. The van der Waals surface area contributed by atoms with Crippen LogP contribution in [0.15, 0.2) is 42.5 Å². The Bertz CT molecular complexity index is 820. The summed E-state index contributed by atoms with van der Waals surface area (Å²) in [5, 5.41) is 3.02. The van der Waals surface area contributed by atoms with Crippen LogP contribution in [0.1, 0.15) is 36.7 Å². The van der Waals surface area contributed by atoms with E-state index in [1.807, 2.05) is 13.8 Å². The van der Waals surface area contributed by atoms with Crippen LogP contribution in [0.5, 0.6) is 5.75 Å². The number of esters is 1. The van der Waals surface area contributed by atoms with Crippen LogP contribution in [0.2, 0.25) is 5.02 Å². The molecule has 1 amide bonds. The zero-order valence-corrected chi connectivity index (χ0v) is 17.1. The molecule has 6 nitrogen and oxygen atoms in total. The predicted molar refractivity (Wildman–Crippen MR) is 108 cm³/mol. The van der Waals surface area contributed by atoms with Crippen LogP contribution < -0.4 is 10.1 Å². The molecule has 0 heterocycles. The number of rotatable bonds is 8. The topological polar surface area (TPSA) is 73.9 Å². The minimum atomic E-state index is -0.975. The van der Waals surface area contributed by atoms with Gasteiger partial charge in [0.15, 0.2) is 6.10 Å². The summed E-state index contributed by atoms with van der Waals surface area (Å²) in [4.78, 5) is 24.5. The van der Waals surface area contributed by atoms with Gasteiger partial charge in [-0.05, 0) is 56.7 Å². The molecule has 0 aromatic heterocycles. The van der Waals surface area contributed by atoms with Gasteiger partial charge in [0, 0.05) is 5.69 Å². The van der Waals surface area contributed by atoms with Crippen LogP contribution >= 0.6 is 11.6 Å². The minimum Gasteiger partial charge on any atom is -0.495 e. The maximum Gasteiger partial charge on any atom is 0.338 e. The second kappa shape index (κ2) is 10.1. The maximum absolute atomic E-state index is 12.3. The molecule has 28 heavy (non-hydrogen) atoms. The number of benzene rings is 2. The molecule has 2 aromatic rings. The van der Waals surface area contributed by atoms with E-state index in [2.05, 4.69) is 5.32 Å². The number of amides is 1. The van der Waals surface area contributed by atoms with Crippen LogP contribution in [-0.2, 0) is 20.9 Å². The Morgan fingerprint density at radius 2 is 1.75 bits per heavy atom. The summed E-state index contributed by atoms with van der Waals surface area (Å²) in [5.74, 6) is -0.537. The average Bonchev–Trinajstić information content (AvgIpc) is 2.66. The summed E-state index contributed by atoms with van der Waals surface area (Å²) in [6, 6.07) is 11.7. The van der Waals surface area contributed by atoms with Crippen molar-refractivity contribution in [1.82, 2.24) is 0 Å². The van der Waals surface area contributed by atoms with Crippen LogP contribution in [-0.4, -0.2) is 31.2 Å². The van der Waals surface area contributed by atoms with Gasteiger partial charge in [-0.15, -0.1) is 0 Å². The largest absolute Gasteiger partial charge is 0.495 e. The van der Waals surface area contributed by atoms with Crippen LogP contribution in [0.25, 0.3) is 0 Å². The van der Waals surface area contributed by atoms with Crippen LogP contribution in [0.3, 0.4) is 0 Å². The van der Waals surface area contributed by atoms with Crippen molar-refractivity contribution in [2.24, 2.45) is 0 Å².